The summed E-state index contributed by atoms with van der Waals surface area (Å²) in [6, 6.07) is 11.2. The Kier molecular flexibility index (Phi) is 5.83. The maximum atomic E-state index is 5.49. The van der Waals surface area contributed by atoms with Crippen LogP contribution in [0.3, 0.4) is 0 Å². The average Bonchev–Trinajstić information content (AvgIpc) is 2.97. The molecule has 1 aliphatic heterocycles. The van der Waals surface area contributed by atoms with E-state index < -0.39 is 0 Å². The number of ether oxygens (including phenoxy) is 1. The molecule has 3 heteroatoms. The number of hydrogen-bond donors (Lipinski definition) is 1. The first kappa shape index (κ1) is 14.5. The topological polar surface area (TPSA) is 24.5 Å². The van der Waals surface area contributed by atoms with Crippen molar-refractivity contribution in [1.82, 2.24) is 10.2 Å². The molecule has 0 radical (unpaired) electrons. The normalized spacial score (nSPS) is 20.9. The van der Waals surface area contributed by atoms with Gasteiger partial charge in [-0.15, -0.1) is 0 Å². The van der Waals surface area contributed by atoms with Crippen LogP contribution in [-0.4, -0.2) is 51.3 Å². The lowest BCUT2D eigenvalue weighted by Crippen LogP contribution is -2.43. The molecule has 0 bridgehead atoms. The molecule has 1 N–H and O–H groups in total. The van der Waals surface area contributed by atoms with Gasteiger partial charge < -0.3 is 15.0 Å². The fourth-order valence-corrected chi connectivity index (χ4v) is 2.74. The van der Waals surface area contributed by atoms with Crippen LogP contribution >= 0.6 is 0 Å². The van der Waals surface area contributed by atoms with Crippen molar-refractivity contribution in [3.05, 3.63) is 35.9 Å². The summed E-state index contributed by atoms with van der Waals surface area (Å²) >= 11 is 0. The highest BCUT2D eigenvalue weighted by Gasteiger charge is 2.25. The van der Waals surface area contributed by atoms with Crippen LogP contribution in [0.1, 0.15) is 12.0 Å². The molecule has 0 aromatic heterocycles. The zero-order chi connectivity index (χ0) is 13.5. The summed E-state index contributed by atoms with van der Waals surface area (Å²) in [5, 5.41) is 3.45. The van der Waals surface area contributed by atoms with Gasteiger partial charge in [-0.05, 0) is 32.5 Å². The third kappa shape index (κ3) is 4.60. The second-order valence-electron chi connectivity index (χ2n) is 5.52. The van der Waals surface area contributed by atoms with Gasteiger partial charge in [0.25, 0.3) is 0 Å². The molecule has 19 heavy (non-hydrogen) atoms. The first-order chi connectivity index (χ1) is 9.29. The summed E-state index contributed by atoms with van der Waals surface area (Å²) in [5.74, 6) is 0.671. The molecule has 3 nitrogen and oxygen atoms in total. The molecule has 1 heterocycles. The Balaban J connectivity index is 1.74. The van der Waals surface area contributed by atoms with E-state index in [9.17, 15) is 0 Å². The van der Waals surface area contributed by atoms with E-state index in [1.807, 2.05) is 0 Å². The number of rotatable bonds is 7. The fraction of sp³-hybridized carbons (Fsp3) is 0.625. The molecule has 1 aliphatic rings. The molecule has 0 amide bonds. The zero-order valence-electron chi connectivity index (χ0n) is 12.1. The van der Waals surface area contributed by atoms with Crippen molar-refractivity contribution in [2.24, 2.45) is 5.92 Å². The number of benzene rings is 1. The molecule has 2 rings (SSSR count). The molecule has 1 aromatic rings. The van der Waals surface area contributed by atoms with Crippen molar-refractivity contribution in [3.63, 3.8) is 0 Å². The smallest absolute Gasteiger partial charge is 0.0510 e. The van der Waals surface area contributed by atoms with Gasteiger partial charge in [0.05, 0.1) is 6.61 Å². The predicted octanol–water partition coefficient (Wildman–Crippen LogP) is 1.79. The number of nitrogens with zero attached hydrogens (tertiary/aromatic N) is 1. The third-order valence-corrected chi connectivity index (χ3v) is 4.04. The van der Waals surface area contributed by atoms with Gasteiger partial charge in [-0.3, -0.25) is 0 Å². The molecule has 1 fully saturated rings. The summed E-state index contributed by atoms with van der Waals surface area (Å²) in [7, 11) is 4.27. The van der Waals surface area contributed by atoms with Crippen LogP contribution < -0.4 is 5.32 Å². The van der Waals surface area contributed by atoms with E-state index in [4.69, 9.17) is 4.74 Å². The first-order valence-electron chi connectivity index (χ1n) is 7.27. The van der Waals surface area contributed by atoms with E-state index in [0.29, 0.717) is 12.0 Å². The maximum Gasteiger partial charge on any atom is 0.0510 e. The quantitative estimate of drug-likeness (QED) is 0.811. The average molecular weight is 262 g/mol. The van der Waals surface area contributed by atoms with Crippen molar-refractivity contribution in [2.75, 3.05) is 40.4 Å². The Morgan fingerprint density at radius 2 is 2.16 bits per heavy atom. The number of likely N-dealkylation sites (N-methyl/N-ethyl adjacent to an activating group) is 2. The van der Waals surface area contributed by atoms with Gasteiger partial charge >= 0.3 is 0 Å². The van der Waals surface area contributed by atoms with E-state index in [1.54, 1.807) is 0 Å². The van der Waals surface area contributed by atoms with Gasteiger partial charge in [0.15, 0.2) is 0 Å². The van der Waals surface area contributed by atoms with Gasteiger partial charge in [-0.2, -0.15) is 0 Å². The van der Waals surface area contributed by atoms with Crippen LogP contribution in [0.15, 0.2) is 30.3 Å². The minimum atomic E-state index is 0.545. The Morgan fingerprint density at radius 3 is 2.79 bits per heavy atom. The van der Waals surface area contributed by atoms with E-state index in [0.717, 1.165) is 32.7 Å². The van der Waals surface area contributed by atoms with Crippen molar-refractivity contribution >= 4 is 0 Å². The minimum absolute atomic E-state index is 0.545. The zero-order valence-corrected chi connectivity index (χ0v) is 12.1. The highest BCUT2D eigenvalue weighted by Crippen LogP contribution is 2.17. The van der Waals surface area contributed by atoms with Crippen LogP contribution in [0.25, 0.3) is 0 Å². The SMILES string of the molecule is CNC(CN(C)CCc1ccccc1)C1CCOC1. The molecule has 0 aliphatic carbocycles. The van der Waals surface area contributed by atoms with E-state index in [-0.39, 0.29) is 0 Å². The number of nitrogens with one attached hydrogen (secondary N) is 1. The Morgan fingerprint density at radius 1 is 1.37 bits per heavy atom. The highest BCUT2D eigenvalue weighted by atomic mass is 16.5. The maximum absolute atomic E-state index is 5.49. The minimum Gasteiger partial charge on any atom is -0.381 e. The van der Waals surface area contributed by atoms with Crippen molar-refractivity contribution in [3.8, 4) is 0 Å². The van der Waals surface area contributed by atoms with E-state index in [1.165, 1.54) is 12.0 Å². The van der Waals surface area contributed by atoms with E-state index >= 15 is 0 Å². The second-order valence-corrected chi connectivity index (χ2v) is 5.52. The molecule has 1 aromatic carbocycles. The highest BCUT2D eigenvalue weighted by molar-refractivity contribution is 5.14. The Bertz CT molecular complexity index is 349. The molecule has 1 saturated heterocycles. The largest absolute Gasteiger partial charge is 0.381 e. The molecule has 0 saturated carbocycles. The third-order valence-electron chi connectivity index (χ3n) is 4.04. The molecule has 106 valence electrons. The Labute approximate surface area is 116 Å². The number of hydrogen-bond acceptors (Lipinski definition) is 3. The van der Waals surface area contributed by atoms with Crippen LogP contribution in [0.5, 0.6) is 0 Å². The van der Waals surface area contributed by atoms with Crippen LogP contribution in [0.4, 0.5) is 0 Å². The molecular weight excluding hydrogens is 236 g/mol. The van der Waals surface area contributed by atoms with Crippen molar-refractivity contribution < 1.29 is 4.74 Å². The lowest BCUT2D eigenvalue weighted by atomic mass is 9.98. The summed E-state index contributed by atoms with van der Waals surface area (Å²) in [6.07, 6.45) is 2.31. The standard InChI is InChI=1S/C16H26N2O/c1-17-16(15-9-11-19-13-15)12-18(2)10-8-14-6-4-3-5-7-14/h3-7,15-17H,8-13H2,1-2H3. The van der Waals surface area contributed by atoms with Crippen LogP contribution in [0.2, 0.25) is 0 Å². The Hall–Kier alpha value is -0.900. The summed E-state index contributed by atoms with van der Waals surface area (Å²) < 4.78 is 5.49. The van der Waals surface area contributed by atoms with Gasteiger partial charge in [-0.25, -0.2) is 0 Å². The van der Waals surface area contributed by atoms with Gasteiger partial charge in [0, 0.05) is 31.7 Å². The summed E-state index contributed by atoms with van der Waals surface area (Å²) in [5.41, 5.74) is 1.42. The molecule has 2 unspecified atom stereocenters. The van der Waals surface area contributed by atoms with Crippen LogP contribution in [-0.2, 0) is 11.2 Å². The second kappa shape index (κ2) is 7.63. The summed E-state index contributed by atoms with van der Waals surface area (Å²) in [4.78, 5) is 2.42. The van der Waals surface area contributed by atoms with Crippen molar-refractivity contribution in [1.29, 1.82) is 0 Å². The predicted molar refractivity (Wildman–Crippen MR) is 79.4 cm³/mol. The lowest BCUT2D eigenvalue weighted by Gasteiger charge is -2.27. The summed E-state index contributed by atoms with van der Waals surface area (Å²) in [6.45, 7) is 4.04. The lowest BCUT2D eigenvalue weighted by molar-refractivity contribution is 0.169. The molecular formula is C16H26N2O. The fourth-order valence-electron chi connectivity index (χ4n) is 2.74. The van der Waals surface area contributed by atoms with Gasteiger partial charge in [0.1, 0.15) is 0 Å². The van der Waals surface area contributed by atoms with Crippen molar-refractivity contribution in [2.45, 2.75) is 18.9 Å². The van der Waals surface area contributed by atoms with Crippen LogP contribution in [0, 0.1) is 5.92 Å². The van der Waals surface area contributed by atoms with Gasteiger partial charge in [-0.1, -0.05) is 30.3 Å². The molecule has 2 atom stereocenters. The molecule has 0 spiro atoms. The monoisotopic (exact) mass is 262 g/mol. The van der Waals surface area contributed by atoms with Gasteiger partial charge in [0.2, 0.25) is 0 Å². The first-order valence-corrected chi connectivity index (χ1v) is 7.27. The van der Waals surface area contributed by atoms with E-state index in [2.05, 4.69) is 54.6 Å².